The Morgan fingerprint density at radius 2 is 2.00 bits per heavy atom. The summed E-state index contributed by atoms with van der Waals surface area (Å²) in [5.74, 6) is -0.272. The van der Waals surface area contributed by atoms with Gasteiger partial charge in [-0.2, -0.15) is 0 Å². The zero-order valence-corrected chi connectivity index (χ0v) is 10.8. The first-order chi connectivity index (χ1) is 9.49. The number of allylic oxidation sites excluding steroid dienone is 1. The molecule has 0 N–H and O–H groups in total. The summed E-state index contributed by atoms with van der Waals surface area (Å²) in [5.41, 5.74) is 0.994. The number of hydrogen-bond acceptors (Lipinski definition) is 3. The van der Waals surface area contributed by atoms with Crippen LogP contribution in [-0.4, -0.2) is 19.6 Å². The number of aryl methyl sites for hydroxylation is 1. The molecule has 0 spiro atoms. The van der Waals surface area contributed by atoms with Crippen LogP contribution in [0, 0.1) is 0 Å². The summed E-state index contributed by atoms with van der Waals surface area (Å²) >= 11 is 0. The molecule has 1 aliphatic heterocycles. The van der Waals surface area contributed by atoms with Gasteiger partial charge in [0.2, 0.25) is 0 Å². The van der Waals surface area contributed by atoms with Crippen molar-refractivity contribution >= 4 is 0 Å². The third-order valence-electron chi connectivity index (χ3n) is 2.82. The van der Waals surface area contributed by atoms with E-state index in [1.54, 1.807) is 18.2 Å². The Hall–Kier alpha value is -1.53. The van der Waals surface area contributed by atoms with Gasteiger partial charge in [-0.1, -0.05) is 12.1 Å². The summed E-state index contributed by atoms with van der Waals surface area (Å²) in [6, 6.07) is 4.67. The largest absolute Gasteiger partial charge is 0.573 e. The summed E-state index contributed by atoms with van der Waals surface area (Å²) in [4.78, 5) is 0. The molecular weight excluding hydrogens is 273 g/mol. The monoisotopic (exact) mass is 288 g/mol. The van der Waals surface area contributed by atoms with Crippen LogP contribution in [0.25, 0.3) is 0 Å². The molecule has 0 saturated carbocycles. The van der Waals surface area contributed by atoms with Gasteiger partial charge >= 0.3 is 6.36 Å². The Bertz CT molecular complexity index is 465. The van der Waals surface area contributed by atoms with Crippen LogP contribution in [0.3, 0.4) is 0 Å². The van der Waals surface area contributed by atoms with E-state index in [0.717, 1.165) is 5.56 Å². The molecule has 1 aromatic rings. The second-order valence-electron chi connectivity index (χ2n) is 4.32. The van der Waals surface area contributed by atoms with Crippen LogP contribution in [0.2, 0.25) is 0 Å². The fourth-order valence-corrected chi connectivity index (χ4v) is 1.95. The van der Waals surface area contributed by atoms with Crippen LogP contribution >= 0.6 is 0 Å². The predicted octanol–water partition coefficient (Wildman–Crippen LogP) is 3.75. The first-order valence-corrected chi connectivity index (χ1v) is 6.22. The Kier molecular flexibility index (Phi) is 4.67. The summed E-state index contributed by atoms with van der Waals surface area (Å²) in [5, 5.41) is 0. The van der Waals surface area contributed by atoms with E-state index in [1.807, 2.05) is 0 Å². The Morgan fingerprint density at radius 3 is 2.60 bits per heavy atom. The van der Waals surface area contributed by atoms with Crippen molar-refractivity contribution < 1.29 is 27.4 Å². The van der Waals surface area contributed by atoms with E-state index in [1.165, 1.54) is 6.07 Å². The highest BCUT2D eigenvalue weighted by Crippen LogP contribution is 2.35. The van der Waals surface area contributed by atoms with E-state index in [0.29, 0.717) is 26.1 Å². The quantitative estimate of drug-likeness (QED) is 0.772. The SMILES string of the molecule is C=CCCc1ccc(C2OCCO2)c(OC(F)(F)F)c1. The molecule has 3 nitrogen and oxygen atoms in total. The molecule has 1 heterocycles. The molecule has 0 bridgehead atoms. The van der Waals surface area contributed by atoms with Gasteiger partial charge in [-0.3, -0.25) is 0 Å². The highest BCUT2D eigenvalue weighted by atomic mass is 19.4. The van der Waals surface area contributed by atoms with Crippen LogP contribution in [0.15, 0.2) is 30.9 Å². The number of hydrogen-bond donors (Lipinski definition) is 0. The summed E-state index contributed by atoms with van der Waals surface area (Å²) in [6.07, 6.45) is -2.56. The minimum Gasteiger partial charge on any atom is -0.405 e. The number of rotatable bonds is 5. The Labute approximate surface area is 114 Å². The average molecular weight is 288 g/mol. The molecule has 0 atom stereocenters. The van der Waals surface area contributed by atoms with E-state index in [2.05, 4.69) is 11.3 Å². The lowest BCUT2D eigenvalue weighted by Crippen LogP contribution is -2.19. The van der Waals surface area contributed by atoms with Crippen molar-refractivity contribution in [2.24, 2.45) is 0 Å². The highest BCUT2D eigenvalue weighted by molar-refractivity contribution is 5.39. The molecule has 110 valence electrons. The van der Waals surface area contributed by atoms with E-state index in [4.69, 9.17) is 9.47 Å². The van der Waals surface area contributed by atoms with Gasteiger partial charge in [0.1, 0.15) is 5.75 Å². The molecule has 6 heteroatoms. The van der Waals surface area contributed by atoms with Crippen molar-refractivity contribution in [3.05, 3.63) is 42.0 Å². The van der Waals surface area contributed by atoms with Crippen LogP contribution in [0.5, 0.6) is 5.75 Å². The maximum Gasteiger partial charge on any atom is 0.573 e. The lowest BCUT2D eigenvalue weighted by molar-refractivity contribution is -0.275. The van der Waals surface area contributed by atoms with E-state index in [9.17, 15) is 13.2 Å². The second-order valence-corrected chi connectivity index (χ2v) is 4.32. The number of benzene rings is 1. The third-order valence-corrected chi connectivity index (χ3v) is 2.82. The molecule has 1 fully saturated rings. The zero-order valence-electron chi connectivity index (χ0n) is 10.8. The van der Waals surface area contributed by atoms with Crippen molar-refractivity contribution in [3.8, 4) is 5.75 Å². The van der Waals surface area contributed by atoms with Crippen molar-refractivity contribution in [2.75, 3.05) is 13.2 Å². The Morgan fingerprint density at radius 1 is 1.30 bits per heavy atom. The van der Waals surface area contributed by atoms with Crippen molar-refractivity contribution in [2.45, 2.75) is 25.5 Å². The average Bonchev–Trinajstić information content (AvgIpc) is 2.88. The molecule has 0 aromatic heterocycles. The van der Waals surface area contributed by atoms with Crippen LogP contribution in [0.4, 0.5) is 13.2 Å². The number of halogens is 3. The molecular formula is C14H15F3O3. The molecule has 0 unspecified atom stereocenters. The van der Waals surface area contributed by atoms with Crippen molar-refractivity contribution in [1.82, 2.24) is 0 Å². The van der Waals surface area contributed by atoms with E-state index < -0.39 is 12.7 Å². The smallest absolute Gasteiger partial charge is 0.405 e. The second kappa shape index (κ2) is 6.28. The summed E-state index contributed by atoms with van der Waals surface area (Å²) < 4.78 is 52.0. The lowest BCUT2D eigenvalue weighted by atomic mass is 10.1. The molecule has 0 radical (unpaired) electrons. The molecule has 2 rings (SSSR count). The van der Waals surface area contributed by atoms with Crippen molar-refractivity contribution in [3.63, 3.8) is 0 Å². The van der Waals surface area contributed by atoms with Crippen molar-refractivity contribution in [1.29, 1.82) is 0 Å². The molecule has 1 saturated heterocycles. The first-order valence-electron chi connectivity index (χ1n) is 6.22. The molecule has 0 amide bonds. The van der Waals surface area contributed by atoms with E-state index in [-0.39, 0.29) is 11.3 Å². The Balaban J connectivity index is 2.26. The number of ether oxygens (including phenoxy) is 3. The van der Waals surface area contributed by atoms with Crippen LogP contribution < -0.4 is 4.74 Å². The normalized spacial score (nSPS) is 16.4. The number of alkyl halides is 3. The third kappa shape index (κ3) is 3.98. The summed E-state index contributed by atoms with van der Waals surface area (Å²) in [6.45, 7) is 4.30. The molecule has 0 aliphatic carbocycles. The van der Waals surface area contributed by atoms with Gasteiger partial charge in [0.25, 0.3) is 0 Å². The fourth-order valence-electron chi connectivity index (χ4n) is 1.95. The molecule has 20 heavy (non-hydrogen) atoms. The first kappa shape index (κ1) is 14.9. The maximum absolute atomic E-state index is 12.5. The molecule has 1 aromatic carbocycles. The van der Waals surface area contributed by atoms with Gasteiger partial charge in [-0.05, 0) is 30.5 Å². The van der Waals surface area contributed by atoms with Gasteiger partial charge in [0.05, 0.1) is 18.8 Å². The van der Waals surface area contributed by atoms with Gasteiger partial charge in [-0.25, -0.2) is 0 Å². The predicted molar refractivity (Wildman–Crippen MR) is 66.3 cm³/mol. The zero-order chi connectivity index (χ0) is 14.6. The fraction of sp³-hybridized carbons (Fsp3) is 0.429. The standard InChI is InChI=1S/C14H15F3O3/c1-2-3-4-10-5-6-11(13-18-7-8-19-13)12(9-10)20-14(15,16)17/h2,5-6,9,13H,1,3-4,7-8H2. The maximum atomic E-state index is 12.5. The molecule has 1 aliphatic rings. The van der Waals surface area contributed by atoms with Gasteiger partial charge in [0.15, 0.2) is 6.29 Å². The van der Waals surface area contributed by atoms with E-state index >= 15 is 0 Å². The van der Waals surface area contributed by atoms with Gasteiger partial charge in [-0.15, -0.1) is 19.8 Å². The summed E-state index contributed by atoms with van der Waals surface area (Å²) in [7, 11) is 0. The van der Waals surface area contributed by atoms with Crippen LogP contribution in [-0.2, 0) is 15.9 Å². The minimum absolute atomic E-state index is 0.252. The lowest BCUT2D eigenvalue weighted by Gasteiger charge is -2.17. The van der Waals surface area contributed by atoms with Gasteiger partial charge in [0, 0.05) is 0 Å². The topological polar surface area (TPSA) is 27.7 Å². The van der Waals surface area contributed by atoms with Crippen LogP contribution in [0.1, 0.15) is 23.8 Å². The van der Waals surface area contributed by atoms with Gasteiger partial charge < -0.3 is 14.2 Å². The minimum atomic E-state index is -4.75. The highest BCUT2D eigenvalue weighted by Gasteiger charge is 2.34.